The van der Waals surface area contributed by atoms with Crippen LogP contribution in [0.2, 0.25) is 0 Å². The highest BCUT2D eigenvalue weighted by molar-refractivity contribution is 5.62. The van der Waals surface area contributed by atoms with Gasteiger partial charge in [-0.25, -0.2) is 0 Å². The monoisotopic (exact) mass is 252 g/mol. The number of carbonyl (C=O) groups excluding carboxylic acids is 1. The molecule has 0 radical (unpaired) electrons. The summed E-state index contributed by atoms with van der Waals surface area (Å²) >= 11 is 0. The molecule has 0 spiro atoms. The predicted molar refractivity (Wildman–Crippen MR) is 76.4 cm³/mol. The Balaban J connectivity index is 1.72. The summed E-state index contributed by atoms with van der Waals surface area (Å²) in [5.41, 5.74) is 2.88. The molecule has 5 atom stereocenters. The molecule has 1 aromatic carbocycles. The van der Waals surface area contributed by atoms with Crippen LogP contribution < -0.4 is 0 Å². The minimum absolute atomic E-state index is 0.308. The highest BCUT2D eigenvalue weighted by Gasteiger charge is 2.50. The summed E-state index contributed by atoms with van der Waals surface area (Å²) in [5.74, 6) is 3.21. The van der Waals surface area contributed by atoms with Gasteiger partial charge in [-0.3, -0.25) is 0 Å². The fraction of sp³-hybridized carbons (Fsp3) is 0.500. The lowest BCUT2D eigenvalue weighted by molar-refractivity contribution is -0.119. The summed E-state index contributed by atoms with van der Waals surface area (Å²) in [4.78, 5) is 11.5. The van der Waals surface area contributed by atoms with Crippen LogP contribution >= 0.6 is 0 Å². The van der Waals surface area contributed by atoms with Crippen LogP contribution in [0.25, 0.3) is 6.08 Å². The summed E-state index contributed by atoms with van der Waals surface area (Å²) in [6.45, 7) is 0. The van der Waals surface area contributed by atoms with Gasteiger partial charge in [0, 0.05) is 5.92 Å². The molecule has 0 N–H and O–H groups in total. The molecule has 0 amide bonds. The Morgan fingerprint density at radius 1 is 1.00 bits per heavy atom. The van der Waals surface area contributed by atoms with Crippen molar-refractivity contribution >= 4 is 12.4 Å². The number of benzene rings is 1. The van der Waals surface area contributed by atoms with Gasteiger partial charge in [-0.1, -0.05) is 42.0 Å². The molecule has 0 heterocycles. The van der Waals surface area contributed by atoms with Crippen LogP contribution in [0.4, 0.5) is 0 Å². The third-order valence-electron chi connectivity index (χ3n) is 5.63. The van der Waals surface area contributed by atoms with Gasteiger partial charge in [-0.15, -0.1) is 0 Å². The fourth-order valence-corrected chi connectivity index (χ4v) is 4.94. The second-order valence-corrected chi connectivity index (χ2v) is 6.64. The maximum atomic E-state index is 11.5. The topological polar surface area (TPSA) is 17.1 Å². The summed E-state index contributed by atoms with van der Waals surface area (Å²) in [6, 6.07) is 10.6. The average Bonchev–Trinajstić information content (AvgIpc) is 2.44. The van der Waals surface area contributed by atoms with Crippen molar-refractivity contribution in [1.29, 1.82) is 0 Å². The molecule has 98 valence electrons. The van der Waals surface area contributed by atoms with E-state index in [0.717, 1.165) is 11.8 Å². The minimum Gasteiger partial charge on any atom is -0.303 e. The Morgan fingerprint density at radius 2 is 1.84 bits per heavy atom. The number of carbonyl (C=O) groups is 1. The highest BCUT2D eigenvalue weighted by atomic mass is 16.1. The van der Waals surface area contributed by atoms with E-state index in [2.05, 4.69) is 36.4 Å². The Hall–Kier alpha value is -1.37. The Kier molecular flexibility index (Phi) is 2.61. The molecule has 0 aliphatic heterocycles. The normalized spacial score (nSPS) is 41.7. The molecule has 4 bridgehead atoms. The van der Waals surface area contributed by atoms with Crippen molar-refractivity contribution in [2.75, 3.05) is 0 Å². The van der Waals surface area contributed by atoms with Crippen LogP contribution in [0, 0.1) is 29.6 Å². The number of hydrogen-bond acceptors (Lipinski definition) is 1. The van der Waals surface area contributed by atoms with E-state index in [1.807, 2.05) is 0 Å². The largest absolute Gasteiger partial charge is 0.303 e. The van der Waals surface area contributed by atoms with Crippen LogP contribution in [-0.2, 0) is 4.79 Å². The summed E-state index contributed by atoms with van der Waals surface area (Å²) in [6.07, 6.45) is 8.84. The predicted octanol–water partition coefficient (Wildman–Crippen LogP) is 3.95. The van der Waals surface area contributed by atoms with Crippen LogP contribution in [0.1, 0.15) is 31.2 Å². The lowest BCUT2D eigenvalue weighted by Gasteiger charge is -2.54. The molecule has 1 nitrogen and oxygen atoms in total. The summed E-state index contributed by atoms with van der Waals surface area (Å²) in [7, 11) is 0. The van der Waals surface area contributed by atoms with Gasteiger partial charge in [0.15, 0.2) is 0 Å². The van der Waals surface area contributed by atoms with Gasteiger partial charge in [0.1, 0.15) is 6.29 Å². The Bertz CT molecular complexity index is 516. The molecular formula is C18H20O. The molecule has 1 heteroatoms. The van der Waals surface area contributed by atoms with Gasteiger partial charge in [0.05, 0.1) is 0 Å². The molecule has 0 saturated heterocycles. The zero-order valence-corrected chi connectivity index (χ0v) is 11.2. The van der Waals surface area contributed by atoms with Gasteiger partial charge in [-0.2, -0.15) is 0 Å². The first-order valence-corrected chi connectivity index (χ1v) is 7.57. The first kappa shape index (κ1) is 11.5. The summed E-state index contributed by atoms with van der Waals surface area (Å²) < 4.78 is 0. The molecule has 5 unspecified atom stereocenters. The number of allylic oxidation sites excluding steroid dienone is 1. The quantitative estimate of drug-likeness (QED) is 0.728. The maximum Gasteiger partial charge on any atom is 0.123 e. The van der Waals surface area contributed by atoms with E-state index in [1.54, 1.807) is 5.57 Å². The van der Waals surface area contributed by atoms with Crippen molar-refractivity contribution in [3.8, 4) is 0 Å². The van der Waals surface area contributed by atoms with Crippen molar-refractivity contribution in [2.45, 2.75) is 25.7 Å². The first-order chi connectivity index (χ1) is 9.35. The SMILES string of the molecule is O=CC1C2CC3CC(C2)C(=Cc2ccccc2)C1C3. The van der Waals surface area contributed by atoms with Crippen LogP contribution in [0.5, 0.6) is 0 Å². The van der Waals surface area contributed by atoms with E-state index in [1.165, 1.54) is 37.5 Å². The zero-order valence-electron chi connectivity index (χ0n) is 11.2. The molecule has 5 rings (SSSR count). The van der Waals surface area contributed by atoms with E-state index in [0.29, 0.717) is 17.8 Å². The first-order valence-electron chi connectivity index (χ1n) is 7.57. The van der Waals surface area contributed by atoms with Crippen LogP contribution in [0.15, 0.2) is 35.9 Å². The second-order valence-electron chi connectivity index (χ2n) is 6.64. The van der Waals surface area contributed by atoms with Gasteiger partial charge >= 0.3 is 0 Å². The molecule has 4 fully saturated rings. The molecule has 0 aromatic heterocycles. The zero-order chi connectivity index (χ0) is 12.8. The lowest BCUT2D eigenvalue weighted by atomic mass is 9.50. The number of rotatable bonds is 2. The van der Waals surface area contributed by atoms with Gasteiger partial charge in [-0.05, 0) is 54.9 Å². The molecule has 4 saturated carbocycles. The van der Waals surface area contributed by atoms with E-state index in [9.17, 15) is 4.79 Å². The van der Waals surface area contributed by atoms with E-state index in [4.69, 9.17) is 0 Å². The third kappa shape index (κ3) is 1.79. The second kappa shape index (κ2) is 4.33. The summed E-state index contributed by atoms with van der Waals surface area (Å²) in [5, 5.41) is 0. The molecular weight excluding hydrogens is 232 g/mol. The van der Waals surface area contributed by atoms with Crippen molar-refractivity contribution in [1.82, 2.24) is 0 Å². The van der Waals surface area contributed by atoms with Crippen molar-refractivity contribution in [3.05, 3.63) is 41.5 Å². The third-order valence-corrected chi connectivity index (χ3v) is 5.63. The van der Waals surface area contributed by atoms with Crippen molar-refractivity contribution in [2.24, 2.45) is 29.6 Å². The Morgan fingerprint density at radius 3 is 2.63 bits per heavy atom. The van der Waals surface area contributed by atoms with E-state index < -0.39 is 0 Å². The maximum absolute atomic E-state index is 11.5. The van der Waals surface area contributed by atoms with Crippen LogP contribution in [-0.4, -0.2) is 6.29 Å². The highest BCUT2D eigenvalue weighted by Crippen LogP contribution is 2.58. The molecule has 1 aromatic rings. The van der Waals surface area contributed by atoms with Gasteiger partial charge in [0.2, 0.25) is 0 Å². The molecule has 19 heavy (non-hydrogen) atoms. The number of hydrogen-bond donors (Lipinski definition) is 0. The standard InChI is InChI=1S/C18H20O/c19-11-18-15-7-13-6-14(10-15)16(17(18)9-13)8-12-4-2-1-3-5-12/h1-5,8,11,13-15,17-18H,6-7,9-10H2. The average molecular weight is 252 g/mol. The fourth-order valence-electron chi connectivity index (χ4n) is 4.94. The van der Waals surface area contributed by atoms with Gasteiger partial charge < -0.3 is 4.79 Å². The van der Waals surface area contributed by atoms with E-state index in [-0.39, 0.29) is 0 Å². The Labute approximate surface area is 114 Å². The smallest absolute Gasteiger partial charge is 0.123 e. The minimum atomic E-state index is 0.308. The number of aldehydes is 1. The van der Waals surface area contributed by atoms with Crippen molar-refractivity contribution < 1.29 is 4.79 Å². The van der Waals surface area contributed by atoms with Gasteiger partial charge in [0.25, 0.3) is 0 Å². The molecule has 4 aliphatic carbocycles. The van der Waals surface area contributed by atoms with Crippen LogP contribution in [0.3, 0.4) is 0 Å². The molecule has 4 aliphatic rings. The van der Waals surface area contributed by atoms with E-state index >= 15 is 0 Å². The lowest BCUT2D eigenvalue weighted by Crippen LogP contribution is -2.47. The van der Waals surface area contributed by atoms with Crippen molar-refractivity contribution in [3.63, 3.8) is 0 Å².